The van der Waals surface area contributed by atoms with Crippen LogP contribution in [0.5, 0.6) is 5.75 Å². The molecule has 0 bridgehead atoms. The maximum absolute atomic E-state index is 11.5. The maximum atomic E-state index is 11.5. The first-order valence-corrected chi connectivity index (χ1v) is 5.23. The van der Waals surface area contributed by atoms with Crippen LogP contribution in [0.4, 0.5) is 0 Å². The number of benzene rings is 1. The summed E-state index contributed by atoms with van der Waals surface area (Å²) in [5.41, 5.74) is 2.52. The number of carbonyl (C=O) groups excluding carboxylic acids is 1. The van der Waals surface area contributed by atoms with Gasteiger partial charge in [0.25, 0.3) is 0 Å². The lowest BCUT2D eigenvalue weighted by Gasteiger charge is -2.09. The van der Waals surface area contributed by atoms with E-state index < -0.39 is 5.97 Å². The van der Waals surface area contributed by atoms with Crippen LogP contribution in [-0.4, -0.2) is 23.2 Å². The molecule has 0 aliphatic rings. The van der Waals surface area contributed by atoms with Gasteiger partial charge in [0.2, 0.25) is 0 Å². The summed E-state index contributed by atoms with van der Waals surface area (Å²) in [5.74, 6) is -0.223. The topological polar surface area (TPSA) is 59.4 Å². The summed E-state index contributed by atoms with van der Waals surface area (Å²) in [6.07, 6.45) is 0. The van der Waals surface area contributed by atoms with Gasteiger partial charge in [0, 0.05) is 17.1 Å². The molecule has 4 nitrogen and oxygen atoms in total. The minimum absolute atomic E-state index is 0.173. The number of pyridine rings is 1. The fourth-order valence-electron chi connectivity index (χ4n) is 1.87. The third-order valence-electron chi connectivity index (χ3n) is 2.75. The summed E-state index contributed by atoms with van der Waals surface area (Å²) in [6.45, 7) is 3.59. The lowest BCUT2D eigenvalue weighted by atomic mass is 10.0. The van der Waals surface area contributed by atoms with Crippen LogP contribution in [-0.2, 0) is 4.74 Å². The molecule has 0 amide bonds. The molecule has 17 heavy (non-hydrogen) atoms. The predicted molar refractivity (Wildman–Crippen MR) is 64.2 cm³/mol. The lowest BCUT2D eigenvalue weighted by Crippen LogP contribution is -2.04. The molecule has 1 aromatic carbocycles. The van der Waals surface area contributed by atoms with Crippen molar-refractivity contribution in [3.8, 4) is 5.75 Å². The van der Waals surface area contributed by atoms with E-state index in [2.05, 4.69) is 4.98 Å². The van der Waals surface area contributed by atoms with E-state index in [1.54, 1.807) is 32.0 Å². The van der Waals surface area contributed by atoms with Crippen molar-refractivity contribution >= 4 is 16.9 Å². The molecule has 0 aliphatic heterocycles. The number of esters is 1. The van der Waals surface area contributed by atoms with Gasteiger partial charge < -0.3 is 9.84 Å². The molecular weight excluding hydrogens is 218 g/mol. The van der Waals surface area contributed by atoms with Gasteiger partial charge in [-0.25, -0.2) is 4.79 Å². The minimum atomic E-state index is -0.396. The Balaban J connectivity index is 2.79. The monoisotopic (exact) mass is 231 g/mol. The number of fused-ring (bicyclic) bond motifs is 1. The second kappa shape index (κ2) is 4.05. The third-order valence-corrected chi connectivity index (χ3v) is 2.75. The fraction of sp³-hybridized carbons (Fsp3) is 0.231. The zero-order valence-electron chi connectivity index (χ0n) is 9.94. The summed E-state index contributed by atoms with van der Waals surface area (Å²) >= 11 is 0. The number of carbonyl (C=O) groups is 1. The van der Waals surface area contributed by atoms with Crippen molar-refractivity contribution in [1.29, 1.82) is 0 Å². The number of aromatic nitrogens is 1. The van der Waals surface area contributed by atoms with Gasteiger partial charge in [0.1, 0.15) is 5.75 Å². The van der Waals surface area contributed by atoms with Gasteiger partial charge in [-0.05, 0) is 31.5 Å². The first kappa shape index (κ1) is 11.4. The smallest absolute Gasteiger partial charge is 0.338 e. The minimum Gasteiger partial charge on any atom is -0.507 e. The van der Waals surface area contributed by atoms with Crippen LogP contribution in [0.2, 0.25) is 0 Å². The summed E-state index contributed by atoms with van der Waals surface area (Å²) in [6, 6.07) is 4.91. The van der Waals surface area contributed by atoms with Crippen LogP contribution in [0.1, 0.15) is 21.6 Å². The summed E-state index contributed by atoms with van der Waals surface area (Å²) < 4.78 is 4.70. The van der Waals surface area contributed by atoms with E-state index in [9.17, 15) is 9.90 Å². The van der Waals surface area contributed by atoms with E-state index in [4.69, 9.17) is 4.74 Å². The molecule has 0 spiro atoms. The van der Waals surface area contributed by atoms with Crippen molar-refractivity contribution in [2.24, 2.45) is 0 Å². The van der Waals surface area contributed by atoms with Gasteiger partial charge >= 0.3 is 5.97 Å². The zero-order valence-corrected chi connectivity index (χ0v) is 9.94. The molecule has 0 unspecified atom stereocenters. The second-order valence-electron chi connectivity index (χ2n) is 3.91. The number of hydrogen-bond acceptors (Lipinski definition) is 4. The summed E-state index contributed by atoms with van der Waals surface area (Å²) in [5, 5.41) is 10.4. The zero-order chi connectivity index (χ0) is 12.6. The van der Waals surface area contributed by atoms with E-state index in [1.807, 2.05) is 0 Å². The second-order valence-corrected chi connectivity index (χ2v) is 3.91. The van der Waals surface area contributed by atoms with Crippen molar-refractivity contribution in [2.75, 3.05) is 7.11 Å². The molecule has 4 heteroatoms. The molecular formula is C13H13NO3. The first-order chi connectivity index (χ1) is 8.04. The predicted octanol–water partition coefficient (Wildman–Crippen LogP) is 2.34. The molecule has 1 aromatic heterocycles. The Bertz CT molecular complexity index is 605. The van der Waals surface area contributed by atoms with Crippen molar-refractivity contribution in [2.45, 2.75) is 13.8 Å². The highest BCUT2D eigenvalue weighted by atomic mass is 16.5. The van der Waals surface area contributed by atoms with Crippen molar-refractivity contribution < 1.29 is 14.6 Å². The maximum Gasteiger partial charge on any atom is 0.338 e. The molecule has 2 rings (SSSR count). The Labute approximate surface area is 98.9 Å². The number of aromatic hydroxyl groups is 1. The Morgan fingerprint density at radius 1 is 1.35 bits per heavy atom. The van der Waals surface area contributed by atoms with E-state index >= 15 is 0 Å². The summed E-state index contributed by atoms with van der Waals surface area (Å²) in [4.78, 5) is 15.9. The molecule has 0 saturated carbocycles. The highest BCUT2D eigenvalue weighted by Gasteiger charge is 2.14. The molecule has 0 atom stereocenters. The van der Waals surface area contributed by atoms with E-state index in [0.29, 0.717) is 27.7 Å². The highest BCUT2D eigenvalue weighted by molar-refractivity contribution is 5.98. The highest BCUT2D eigenvalue weighted by Crippen LogP contribution is 2.28. The van der Waals surface area contributed by atoms with Gasteiger partial charge in [0.15, 0.2) is 0 Å². The van der Waals surface area contributed by atoms with Crippen molar-refractivity contribution in [1.82, 2.24) is 4.98 Å². The van der Waals surface area contributed by atoms with Crippen LogP contribution in [0.25, 0.3) is 10.9 Å². The number of nitrogens with zero attached hydrogens (tertiary/aromatic N) is 1. The van der Waals surface area contributed by atoms with E-state index in [0.717, 1.165) is 0 Å². The number of ether oxygens (including phenoxy) is 1. The standard InChI is InChI=1S/C13H13NO3/c1-7-6-11(15)10-5-4-9(13(16)17-3)8(2)12(10)14-7/h4-6H,1-3H3,(H,14,15). The van der Waals surface area contributed by atoms with Crippen molar-refractivity contribution in [3.63, 3.8) is 0 Å². The van der Waals surface area contributed by atoms with Gasteiger partial charge in [-0.15, -0.1) is 0 Å². The molecule has 88 valence electrons. The molecule has 0 saturated heterocycles. The van der Waals surface area contributed by atoms with E-state index in [1.165, 1.54) is 7.11 Å². The van der Waals surface area contributed by atoms with Crippen LogP contribution in [0, 0.1) is 13.8 Å². The average molecular weight is 231 g/mol. The molecule has 0 aliphatic carbocycles. The lowest BCUT2D eigenvalue weighted by molar-refractivity contribution is 0.0600. The third kappa shape index (κ3) is 1.82. The van der Waals surface area contributed by atoms with E-state index in [-0.39, 0.29) is 5.75 Å². The number of aryl methyl sites for hydroxylation is 2. The number of hydrogen-bond donors (Lipinski definition) is 1. The van der Waals surface area contributed by atoms with Gasteiger partial charge in [-0.3, -0.25) is 4.98 Å². The molecule has 1 N–H and O–H groups in total. The Morgan fingerprint density at radius 3 is 2.71 bits per heavy atom. The number of rotatable bonds is 1. The Morgan fingerprint density at radius 2 is 2.06 bits per heavy atom. The first-order valence-electron chi connectivity index (χ1n) is 5.23. The summed E-state index contributed by atoms with van der Waals surface area (Å²) in [7, 11) is 1.34. The number of methoxy groups -OCH3 is 1. The van der Waals surface area contributed by atoms with Gasteiger partial charge in [-0.1, -0.05) is 0 Å². The molecule has 0 fully saturated rings. The normalized spacial score (nSPS) is 10.5. The van der Waals surface area contributed by atoms with Crippen LogP contribution in [0.3, 0.4) is 0 Å². The Hall–Kier alpha value is -2.10. The average Bonchev–Trinajstić information content (AvgIpc) is 2.29. The SMILES string of the molecule is COC(=O)c1ccc2c(O)cc(C)nc2c1C. The van der Waals surface area contributed by atoms with Crippen LogP contribution < -0.4 is 0 Å². The largest absolute Gasteiger partial charge is 0.507 e. The van der Waals surface area contributed by atoms with Crippen LogP contribution >= 0.6 is 0 Å². The molecule has 1 heterocycles. The quantitative estimate of drug-likeness (QED) is 0.765. The van der Waals surface area contributed by atoms with Gasteiger partial charge in [0.05, 0.1) is 18.2 Å². The molecule has 2 aromatic rings. The van der Waals surface area contributed by atoms with Crippen molar-refractivity contribution in [3.05, 3.63) is 35.0 Å². The Kier molecular flexibility index (Phi) is 2.71. The fourth-order valence-corrected chi connectivity index (χ4v) is 1.87. The van der Waals surface area contributed by atoms with Crippen LogP contribution in [0.15, 0.2) is 18.2 Å². The molecule has 0 radical (unpaired) electrons. The van der Waals surface area contributed by atoms with Gasteiger partial charge in [-0.2, -0.15) is 0 Å².